The van der Waals surface area contributed by atoms with E-state index < -0.39 is 0 Å². The minimum atomic E-state index is 0.797. The smallest absolute Gasteiger partial charge is 0.182 e. The Balaban J connectivity index is 2.50. The van der Waals surface area contributed by atoms with Crippen molar-refractivity contribution >= 4 is 11.3 Å². The van der Waals surface area contributed by atoms with E-state index in [0.717, 1.165) is 17.2 Å². The van der Waals surface area contributed by atoms with Gasteiger partial charge in [-0.3, -0.25) is 5.10 Å². The molecule has 0 fully saturated rings. The van der Waals surface area contributed by atoms with E-state index >= 15 is 0 Å². The number of aromatic amines is 1. The summed E-state index contributed by atoms with van der Waals surface area (Å²) in [5, 5.41) is 11.1. The SMILES string of the molecule is Cc1nc(-c2cscc2C)n[nH]1. The summed E-state index contributed by atoms with van der Waals surface area (Å²) in [5.74, 6) is 1.65. The Morgan fingerprint density at radius 3 is 2.67 bits per heavy atom. The predicted octanol–water partition coefficient (Wildman–Crippen LogP) is 2.15. The van der Waals surface area contributed by atoms with Gasteiger partial charge in [0.25, 0.3) is 0 Å². The number of aryl methyl sites for hydroxylation is 2. The van der Waals surface area contributed by atoms with Gasteiger partial charge in [-0.25, -0.2) is 4.98 Å². The number of hydrogen-bond donors (Lipinski definition) is 1. The summed E-state index contributed by atoms with van der Waals surface area (Å²) in [6.45, 7) is 3.97. The van der Waals surface area contributed by atoms with E-state index in [9.17, 15) is 0 Å². The van der Waals surface area contributed by atoms with Crippen molar-refractivity contribution in [1.29, 1.82) is 0 Å². The average molecular weight is 179 g/mol. The third-order valence-electron chi connectivity index (χ3n) is 1.69. The average Bonchev–Trinajstić information content (AvgIpc) is 2.58. The molecule has 0 atom stereocenters. The molecule has 0 saturated heterocycles. The number of aromatic nitrogens is 3. The van der Waals surface area contributed by atoms with E-state index in [1.807, 2.05) is 6.92 Å². The van der Waals surface area contributed by atoms with Gasteiger partial charge in [-0.05, 0) is 24.8 Å². The summed E-state index contributed by atoms with van der Waals surface area (Å²) in [7, 11) is 0. The summed E-state index contributed by atoms with van der Waals surface area (Å²) < 4.78 is 0. The van der Waals surface area contributed by atoms with Crippen molar-refractivity contribution < 1.29 is 0 Å². The molecule has 1 N–H and O–H groups in total. The molecule has 0 spiro atoms. The molecule has 0 bridgehead atoms. The number of nitrogens with one attached hydrogen (secondary N) is 1. The lowest BCUT2D eigenvalue weighted by Gasteiger charge is -1.89. The van der Waals surface area contributed by atoms with Crippen LogP contribution in [0.2, 0.25) is 0 Å². The molecule has 0 aliphatic rings. The largest absolute Gasteiger partial charge is 0.263 e. The van der Waals surface area contributed by atoms with Gasteiger partial charge in [-0.1, -0.05) is 0 Å². The first kappa shape index (κ1) is 7.49. The molecule has 0 unspecified atom stereocenters. The second-order valence-electron chi connectivity index (χ2n) is 2.71. The molecule has 0 radical (unpaired) electrons. The molecule has 0 aliphatic carbocycles. The van der Waals surface area contributed by atoms with Gasteiger partial charge in [-0.15, -0.1) is 0 Å². The van der Waals surface area contributed by atoms with Crippen LogP contribution in [0.3, 0.4) is 0 Å². The van der Waals surface area contributed by atoms with Crippen LogP contribution in [0.1, 0.15) is 11.4 Å². The monoisotopic (exact) mass is 179 g/mol. The molecule has 2 rings (SSSR count). The molecule has 2 aromatic rings. The minimum Gasteiger partial charge on any atom is -0.263 e. The number of hydrogen-bond acceptors (Lipinski definition) is 3. The van der Waals surface area contributed by atoms with Crippen molar-refractivity contribution in [2.24, 2.45) is 0 Å². The van der Waals surface area contributed by atoms with Gasteiger partial charge in [-0.2, -0.15) is 16.4 Å². The van der Waals surface area contributed by atoms with Crippen molar-refractivity contribution in [2.75, 3.05) is 0 Å². The topological polar surface area (TPSA) is 41.6 Å². The normalized spacial score (nSPS) is 10.5. The summed E-state index contributed by atoms with van der Waals surface area (Å²) in [6.07, 6.45) is 0. The molecule has 3 nitrogen and oxygen atoms in total. The first-order valence-electron chi connectivity index (χ1n) is 3.69. The highest BCUT2D eigenvalue weighted by molar-refractivity contribution is 7.08. The Bertz CT molecular complexity index is 388. The van der Waals surface area contributed by atoms with Crippen molar-refractivity contribution in [3.8, 4) is 11.4 Å². The Morgan fingerprint density at radius 2 is 2.17 bits per heavy atom. The third kappa shape index (κ3) is 1.14. The first-order chi connectivity index (χ1) is 5.77. The molecule has 2 heterocycles. The van der Waals surface area contributed by atoms with Crippen molar-refractivity contribution in [3.05, 3.63) is 22.1 Å². The zero-order valence-corrected chi connectivity index (χ0v) is 7.77. The van der Waals surface area contributed by atoms with Gasteiger partial charge in [0.15, 0.2) is 5.82 Å². The molecule has 12 heavy (non-hydrogen) atoms. The number of H-pyrrole nitrogens is 1. The van der Waals surface area contributed by atoms with E-state index in [2.05, 4.69) is 32.9 Å². The molecule has 0 aromatic carbocycles. The summed E-state index contributed by atoms with van der Waals surface area (Å²) in [5.41, 5.74) is 2.36. The highest BCUT2D eigenvalue weighted by Crippen LogP contribution is 2.22. The maximum absolute atomic E-state index is 4.25. The van der Waals surface area contributed by atoms with Crippen molar-refractivity contribution in [3.63, 3.8) is 0 Å². The fraction of sp³-hybridized carbons (Fsp3) is 0.250. The quantitative estimate of drug-likeness (QED) is 0.728. The lowest BCUT2D eigenvalue weighted by molar-refractivity contribution is 1.04. The van der Waals surface area contributed by atoms with Gasteiger partial charge < -0.3 is 0 Å². The first-order valence-corrected chi connectivity index (χ1v) is 4.64. The minimum absolute atomic E-state index is 0.797. The highest BCUT2D eigenvalue weighted by Gasteiger charge is 2.06. The van der Waals surface area contributed by atoms with Gasteiger partial charge >= 0.3 is 0 Å². The van der Waals surface area contributed by atoms with Crippen LogP contribution in [0.4, 0.5) is 0 Å². The lowest BCUT2D eigenvalue weighted by Crippen LogP contribution is -1.79. The predicted molar refractivity (Wildman–Crippen MR) is 49.2 cm³/mol. The lowest BCUT2D eigenvalue weighted by atomic mass is 10.2. The van der Waals surface area contributed by atoms with Crippen LogP contribution in [0.5, 0.6) is 0 Å². The Hall–Kier alpha value is -1.16. The zero-order valence-electron chi connectivity index (χ0n) is 6.96. The molecule has 4 heteroatoms. The number of nitrogens with zero attached hydrogens (tertiary/aromatic N) is 2. The van der Waals surface area contributed by atoms with E-state index in [4.69, 9.17) is 0 Å². The van der Waals surface area contributed by atoms with Gasteiger partial charge in [0.1, 0.15) is 5.82 Å². The Morgan fingerprint density at radius 1 is 1.33 bits per heavy atom. The maximum atomic E-state index is 4.25. The Labute approximate surface area is 74.5 Å². The van der Waals surface area contributed by atoms with Crippen LogP contribution >= 0.6 is 11.3 Å². The fourth-order valence-electron chi connectivity index (χ4n) is 1.05. The second-order valence-corrected chi connectivity index (χ2v) is 3.46. The van der Waals surface area contributed by atoms with E-state index in [-0.39, 0.29) is 0 Å². The summed E-state index contributed by atoms with van der Waals surface area (Å²) in [6, 6.07) is 0. The fourth-order valence-corrected chi connectivity index (χ4v) is 1.88. The summed E-state index contributed by atoms with van der Waals surface area (Å²) >= 11 is 1.68. The van der Waals surface area contributed by atoms with E-state index in [0.29, 0.717) is 0 Å². The number of rotatable bonds is 1. The second kappa shape index (κ2) is 2.71. The highest BCUT2D eigenvalue weighted by atomic mass is 32.1. The molecule has 0 amide bonds. The molecule has 2 aromatic heterocycles. The molecular formula is C8H9N3S. The van der Waals surface area contributed by atoms with E-state index in [1.54, 1.807) is 11.3 Å². The number of thiophene rings is 1. The van der Waals surface area contributed by atoms with Gasteiger partial charge in [0.05, 0.1) is 0 Å². The van der Waals surface area contributed by atoms with Gasteiger partial charge in [0.2, 0.25) is 0 Å². The van der Waals surface area contributed by atoms with Crippen LogP contribution in [0.15, 0.2) is 10.8 Å². The molecule has 0 saturated carbocycles. The van der Waals surface area contributed by atoms with Crippen LogP contribution in [0, 0.1) is 13.8 Å². The van der Waals surface area contributed by atoms with Crippen molar-refractivity contribution in [1.82, 2.24) is 15.2 Å². The van der Waals surface area contributed by atoms with Gasteiger partial charge in [0, 0.05) is 10.9 Å². The van der Waals surface area contributed by atoms with Crippen LogP contribution < -0.4 is 0 Å². The van der Waals surface area contributed by atoms with Crippen LogP contribution in [-0.4, -0.2) is 15.2 Å². The van der Waals surface area contributed by atoms with E-state index in [1.165, 1.54) is 5.56 Å². The maximum Gasteiger partial charge on any atom is 0.182 e. The molecule has 62 valence electrons. The Kier molecular flexibility index (Phi) is 1.69. The van der Waals surface area contributed by atoms with Crippen molar-refractivity contribution in [2.45, 2.75) is 13.8 Å². The zero-order chi connectivity index (χ0) is 8.55. The summed E-state index contributed by atoms with van der Waals surface area (Å²) in [4.78, 5) is 4.25. The third-order valence-corrected chi connectivity index (χ3v) is 2.56. The van der Waals surface area contributed by atoms with Crippen LogP contribution in [-0.2, 0) is 0 Å². The standard InChI is InChI=1S/C8H9N3S/c1-5-3-12-4-7(5)8-9-6(2)10-11-8/h3-4H,1-2H3,(H,9,10,11). The molecule has 0 aliphatic heterocycles. The van der Waals surface area contributed by atoms with Crippen LogP contribution in [0.25, 0.3) is 11.4 Å². The molecular weight excluding hydrogens is 170 g/mol.